The molecule has 1 unspecified atom stereocenters. The molecule has 0 bridgehead atoms. The zero-order valence-electron chi connectivity index (χ0n) is 19.1. The number of Topliss-reactive ketones (excluding diaryl/α,β-unsaturated/α-hetero) is 1. The van der Waals surface area contributed by atoms with Crippen LogP contribution in [0.3, 0.4) is 0 Å². The van der Waals surface area contributed by atoms with Crippen molar-refractivity contribution in [3.05, 3.63) is 106 Å². The van der Waals surface area contributed by atoms with Crippen molar-refractivity contribution in [3.63, 3.8) is 0 Å². The lowest BCUT2D eigenvalue weighted by Crippen LogP contribution is -2.31. The summed E-state index contributed by atoms with van der Waals surface area (Å²) in [5, 5.41) is 12.1. The number of furan rings is 1. The largest absolute Gasteiger partial charge is 0.503 e. The number of ketones is 1. The molecule has 1 aliphatic rings. The number of nitrogens with zero attached hydrogens (tertiary/aromatic N) is 2. The molecule has 0 saturated carbocycles. The lowest BCUT2D eigenvalue weighted by Gasteiger charge is -2.26. The van der Waals surface area contributed by atoms with Crippen LogP contribution in [-0.4, -0.2) is 21.8 Å². The Morgan fingerprint density at radius 2 is 1.91 bits per heavy atom. The number of aryl methyl sites for hydroxylation is 1. The number of benzene rings is 2. The highest BCUT2D eigenvalue weighted by atomic mass is 35.5. The van der Waals surface area contributed by atoms with Crippen LogP contribution >= 0.6 is 11.6 Å². The number of pyridine rings is 1. The maximum absolute atomic E-state index is 13.6. The highest BCUT2D eigenvalue weighted by Gasteiger charge is 2.46. The van der Waals surface area contributed by atoms with Crippen molar-refractivity contribution in [2.45, 2.75) is 32.2 Å². The van der Waals surface area contributed by atoms with Gasteiger partial charge in [-0.3, -0.25) is 19.5 Å². The molecule has 3 heterocycles. The number of carbonyl (C=O) groups excluding carboxylic acids is 2. The third-order valence-corrected chi connectivity index (χ3v) is 6.39. The van der Waals surface area contributed by atoms with Gasteiger partial charge in [-0.25, -0.2) is 0 Å². The van der Waals surface area contributed by atoms with E-state index in [1.54, 1.807) is 48.7 Å². The maximum atomic E-state index is 13.6. The number of unbranched alkanes of at least 4 members (excludes halogenated alkanes) is 1. The molecule has 0 fully saturated rings. The van der Waals surface area contributed by atoms with Gasteiger partial charge in [0.25, 0.3) is 5.91 Å². The van der Waals surface area contributed by atoms with E-state index in [0.717, 1.165) is 24.8 Å². The van der Waals surface area contributed by atoms with E-state index in [4.69, 9.17) is 16.0 Å². The first kappa shape index (κ1) is 22.9. The standard InChI is InChI=1S/C28H23ClN2O4/c1-2-3-6-17-8-11-20(12-9-17)31-25(21-7-4-5-14-30-21)24(27(33)28(31)34)26(32)23-16-18-15-19(29)10-13-22(18)35-23/h4-5,7-16,25,33H,2-3,6H2,1H3. The summed E-state index contributed by atoms with van der Waals surface area (Å²) in [6, 6.07) is 18.5. The summed E-state index contributed by atoms with van der Waals surface area (Å²) in [6.07, 6.45) is 4.69. The number of hydrogen-bond acceptors (Lipinski definition) is 5. The lowest BCUT2D eigenvalue weighted by molar-refractivity contribution is -0.117. The summed E-state index contributed by atoms with van der Waals surface area (Å²) in [5.41, 5.74) is 2.59. The third-order valence-electron chi connectivity index (χ3n) is 6.16. The number of halogens is 1. The molecule has 1 atom stereocenters. The SMILES string of the molecule is CCCCc1ccc(N2C(=O)C(O)=C(C(=O)c3cc4cc(Cl)ccc4o3)C2c2ccccn2)cc1. The second-order valence-electron chi connectivity index (χ2n) is 8.49. The fraction of sp³-hybridized carbons (Fsp3) is 0.179. The van der Waals surface area contributed by atoms with Crippen molar-refractivity contribution in [1.29, 1.82) is 0 Å². The first-order valence-electron chi connectivity index (χ1n) is 11.5. The number of aromatic nitrogens is 1. The van der Waals surface area contributed by atoms with E-state index in [-0.39, 0.29) is 11.3 Å². The van der Waals surface area contributed by atoms with Gasteiger partial charge in [-0.15, -0.1) is 0 Å². The Labute approximate surface area is 207 Å². The summed E-state index contributed by atoms with van der Waals surface area (Å²) in [4.78, 5) is 32.8. The Bertz CT molecular complexity index is 1440. The van der Waals surface area contributed by atoms with E-state index in [2.05, 4.69) is 11.9 Å². The molecule has 35 heavy (non-hydrogen) atoms. The summed E-state index contributed by atoms with van der Waals surface area (Å²) >= 11 is 6.07. The molecule has 1 aliphatic heterocycles. The minimum Gasteiger partial charge on any atom is -0.503 e. The van der Waals surface area contributed by atoms with Gasteiger partial charge in [0.1, 0.15) is 11.6 Å². The molecule has 2 aromatic carbocycles. The Hall–Kier alpha value is -3.90. The van der Waals surface area contributed by atoms with E-state index in [0.29, 0.717) is 27.4 Å². The molecule has 1 amide bonds. The van der Waals surface area contributed by atoms with Gasteiger partial charge in [-0.05, 0) is 66.9 Å². The maximum Gasteiger partial charge on any atom is 0.294 e. The van der Waals surface area contributed by atoms with Crippen molar-refractivity contribution in [3.8, 4) is 0 Å². The molecule has 176 valence electrons. The summed E-state index contributed by atoms with van der Waals surface area (Å²) in [5.74, 6) is -1.85. The number of carbonyl (C=O) groups is 2. The van der Waals surface area contributed by atoms with Gasteiger partial charge in [0.2, 0.25) is 5.78 Å². The first-order valence-corrected chi connectivity index (χ1v) is 11.9. The van der Waals surface area contributed by atoms with E-state index < -0.39 is 23.5 Å². The first-order chi connectivity index (χ1) is 17.0. The molecule has 2 aromatic heterocycles. The normalized spacial score (nSPS) is 15.9. The molecule has 4 aromatic rings. The number of amides is 1. The Morgan fingerprint density at radius 1 is 1.11 bits per heavy atom. The van der Waals surface area contributed by atoms with Gasteiger partial charge in [0.05, 0.1) is 11.3 Å². The van der Waals surface area contributed by atoms with Gasteiger partial charge in [0.15, 0.2) is 11.5 Å². The molecule has 5 rings (SSSR count). The van der Waals surface area contributed by atoms with Crippen molar-refractivity contribution < 1.29 is 19.1 Å². The van der Waals surface area contributed by atoms with Crippen LogP contribution in [0, 0.1) is 0 Å². The lowest BCUT2D eigenvalue weighted by atomic mass is 9.98. The van der Waals surface area contributed by atoms with Crippen LogP contribution in [0.2, 0.25) is 5.02 Å². The second-order valence-corrected chi connectivity index (χ2v) is 8.92. The summed E-state index contributed by atoms with van der Waals surface area (Å²) < 4.78 is 5.76. The number of aliphatic hydroxyl groups is 1. The quantitative estimate of drug-likeness (QED) is 0.297. The van der Waals surface area contributed by atoms with Gasteiger partial charge in [-0.1, -0.05) is 43.1 Å². The molecule has 7 heteroatoms. The minimum atomic E-state index is -0.908. The van der Waals surface area contributed by atoms with Crippen molar-refractivity contribution in [1.82, 2.24) is 4.98 Å². The summed E-state index contributed by atoms with van der Waals surface area (Å²) in [6.45, 7) is 2.14. The number of rotatable bonds is 7. The fourth-order valence-corrected chi connectivity index (χ4v) is 4.56. The molecule has 0 spiro atoms. The van der Waals surface area contributed by atoms with Crippen LogP contribution in [0.1, 0.15) is 47.6 Å². The molecule has 0 radical (unpaired) electrons. The monoisotopic (exact) mass is 486 g/mol. The average molecular weight is 487 g/mol. The molecule has 0 aliphatic carbocycles. The minimum absolute atomic E-state index is 0.00862. The van der Waals surface area contributed by atoms with Crippen molar-refractivity contribution in [2.75, 3.05) is 4.90 Å². The van der Waals surface area contributed by atoms with Crippen LogP contribution in [0.4, 0.5) is 5.69 Å². The van der Waals surface area contributed by atoms with Crippen LogP contribution in [0.25, 0.3) is 11.0 Å². The number of aliphatic hydroxyl groups excluding tert-OH is 1. The molecular formula is C28H23ClN2O4. The van der Waals surface area contributed by atoms with E-state index >= 15 is 0 Å². The smallest absolute Gasteiger partial charge is 0.294 e. The van der Waals surface area contributed by atoms with Gasteiger partial charge >= 0.3 is 0 Å². The number of hydrogen-bond donors (Lipinski definition) is 1. The van der Waals surface area contributed by atoms with Crippen molar-refractivity contribution >= 4 is 39.9 Å². The number of anilines is 1. The molecular weight excluding hydrogens is 464 g/mol. The Balaban J connectivity index is 1.58. The zero-order valence-corrected chi connectivity index (χ0v) is 19.8. The molecule has 6 nitrogen and oxygen atoms in total. The topological polar surface area (TPSA) is 83.6 Å². The van der Waals surface area contributed by atoms with Gasteiger partial charge < -0.3 is 9.52 Å². The van der Waals surface area contributed by atoms with Crippen molar-refractivity contribution in [2.24, 2.45) is 0 Å². The zero-order chi connectivity index (χ0) is 24.5. The molecule has 1 N–H and O–H groups in total. The van der Waals surface area contributed by atoms with E-state index in [1.165, 1.54) is 4.90 Å². The highest BCUT2D eigenvalue weighted by Crippen LogP contribution is 2.41. The highest BCUT2D eigenvalue weighted by molar-refractivity contribution is 6.31. The Kier molecular flexibility index (Phi) is 6.14. The van der Waals surface area contributed by atoms with Crippen LogP contribution in [0.5, 0.6) is 0 Å². The van der Waals surface area contributed by atoms with Gasteiger partial charge in [0, 0.05) is 22.3 Å². The van der Waals surface area contributed by atoms with Crippen LogP contribution in [-0.2, 0) is 11.2 Å². The van der Waals surface area contributed by atoms with Crippen LogP contribution in [0.15, 0.2) is 88.7 Å². The summed E-state index contributed by atoms with van der Waals surface area (Å²) in [7, 11) is 0. The van der Waals surface area contributed by atoms with E-state index in [1.807, 2.05) is 24.3 Å². The average Bonchev–Trinajstić information content (AvgIpc) is 3.41. The third kappa shape index (κ3) is 4.21. The Morgan fingerprint density at radius 3 is 2.63 bits per heavy atom. The van der Waals surface area contributed by atoms with Crippen LogP contribution < -0.4 is 4.90 Å². The van der Waals surface area contributed by atoms with Gasteiger partial charge in [-0.2, -0.15) is 0 Å². The van der Waals surface area contributed by atoms with E-state index in [9.17, 15) is 14.7 Å². The predicted octanol–water partition coefficient (Wildman–Crippen LogP) is 6.61. The predicted molar refractivity (Wildman–Crippen MR) is 135 cm³/mol. The fourth-order valence-electron chi connectivity index (χ4n) is 4.38. The number of fused-ring (bicyclic) bond motifs is 1. The second kappa shape index (κ2) is 9.39. The molecule has 0 saturated heterocycles.